The Morgan fingerprint density at radius 1 is 0.769 bits per heavy atom. The number of unbranched alkanes of at least 4 members (excludes halogenated alkanes) is 11. The van der Waals surface area contributed by atoms with Crippen LogP contribution in [0.25, 0.3) is 0 Å². The van der Waals surface area contributed by atoms with Crippen molar-refractivity contribution in [2.45, 2.75) is 111 Å². The maximum atomic E-state index is 12.0. The van der Waals surface area contributed by atoms with Gasteiger partial charge in [-0.25, -0.2) is 0 Å². The molecule has 3 unspecified atom stereocenters. The minimum Gasteiger partial charge on any atom is -0.393 e. The third kappa shape index (κ3) is 8.22. The first-order chi connectivity index (χ1) is 12.5. The molecule has 1 heterocycles. The molecule has 0 aromatic rings. The summed E-state index contributed by atoms with van der Waals surface area (Å²) >= 11 is 0. The fourth-order valence-corrected chi connectivity index (χ4v) is 4.31. The summed E-state index contributed by atoms with van der Waals surface area (Å²) in [7, 11) is 0. The Kier molecular flexibility index (Phi) is 11.9. The van der Waals surface area contributed by atoms with Crippen molar-refractivity contribution < 1.29 is 14.3 Å². The zero-order chi connectivity index (χ0) is 19.4. The second-order valence-corrected chi connectivity index (χ2v) is 8.64. The van der Waals surface area contributed by atoms with Crippen LogP contribution in [0.15, 0.2) is 0 Å². The van der Waals surface area contributed by atoms with E-state index in [1.54, 1.807) is 0 Å². The Morgan fingerprint density at radius 3 is 1.62 bits per heavy atom. The summed E-state index contributed by atoms with van der Waals surface area (Å²) in [4.78, 5) is 23.7. The van der Waals surface area contributed by atoms with Crippen LogP contribution < -0.4 is 0 Å². The summed E-state index contributed by atoms with van der Waals surface area (Å²) in [5, 5.41) is 0. The quantitative estimate of drug-likeness (QED) is 0.184. The smallest absolute Gasteiger partial charge is 0.317 e. The van der Waals surface area contributed by atoms with E-state index < -0.39 is 0 Å². The van der Waals surface area contributed by atoms with Gasteiger partial charge in [-0.2, -0.15) is 0 Å². The summed E-state index contributed by atoms with van der Waals surface area (Å²) < 4.78 is 4.85. The van der Waals surface area contributed by atoms with E-state index in [1.165, 1.54) is 70.6 Å². The summed E-state index contributed by atoms with van der Waals surface area (Å²) in [5.41, 5.74) is 0. The number of ether oxygens (including phenoxy) is 1. The molecule has 0 amide bonds. The van der Waals surface area contributed by atoms with Gasteiger partial charge < -0.3 is 4.74 Å². The predicted octanol–water partition coefficient (Wildman–Crippen LogP) is 6.69. The van der Waals surface area contributed by atoms with E-state index >= 15 is 0 Å². The molecule has 0 bridgehead atoms. The highest BCUT2D eigenvalue weighted by molar-refractivity contribution is 5.96. The average Bonchev–Trinajstić information content (AvgIpc) is 2.84. The van der Waals surface area contributed by atoms with Crippen LogP contribution in [0.2, 0.25) is 0 Å². The molecule has 1 fully saturated rings. The van der Waals surface area contributed by atoms with Crippen LogP contribution in [0.4, 0.5) is 0 Å². The number of hydrogen-bond acceptors (Lipinski definition) is 3. The molecule has 0 spiro atoms. The van der Waals surface area contributed by atoms with Crippen molar-refractivity contribution in [2.75, 3.05) is 0 Å². The zero-order valence-corrected chi connectivity index (χ0v) is 17.7. The van der Waals surface area contributed by atoms with Crippen LogP contribution in [-0.2, 0) is 14.3 Å². The molecule has 0 radical (unpaired) electrons. The van der Waals surface area contributed by atoms with Crippen LogP contribution >= 0.6 is 0 Å². The van der Waals surface area contributed by atoms with E-state index in [9.17, 15) is 9.59 Å². The van der Waals surface area contributed by atoms with Gasteiger partial charge >= 0.3 is 11.9 Å². The molecule has 0 N–H and O–H groups in total. The highest BCUT2D eigenvalue weighted by Gasteiger charge is 2.46. The number of hydrogen-bond donors (Lipinski definition) is 0. The van der Waals surface area contributed by atoms with Crippen molar-refractivity contribution >= 4 is 11.9 Å². The van der Waals surface area contributed by atoms with E-state index in [4.69, 9.17) is 4.74 Å². The maximum absolute atomic E-state index is 12.0. The predicted molar refractivity (Wildman–Crippen MR) is 108 cm³/mol. The van der Waals surface area contributed by atoms with Crippen LogP contribution in [0.5, 0.6) is 0 Å². The van der Waals surface area contributed by atoms with Crippen LogP contribution in [0, 0.1) is 23.7 Å². The van der Waals surface area contributed by atoms with E-state index in [2.05, 4.69) is 20.8 Å². The summed E-state index contributed by atoms with van der Waals surface area (Å²) in [6, 6.07) is 0. The van der Waals surface area contributed by atoms with Gasteiger partial charge in [-0.05, 0) is 18.3 Å². The molecule has 1 aliphatic heterocycles. The highest BCUT2D eigenvalue weighted by atomic mass is 16.6. The minimum absolute atomic E-state index is 0.227. The summed E-state index contributed by atoms with van der Waals surface area (Å²) in [6.45, 7) is 8.43. The van der Waals surface area contributed by atoms with Gasteiger partial charge in [-0.15, -0.1) is 0 Å². The molecule has 0 aromatic carbocycles. The van der Waals surface area contributed by atoms with Gasteiger partial charge in [0.25, 0.3) is 0 Å². The lowest BCUT2D eigenvalue weighted by atomic mass is 9.75. The van der Waals surface area contributed by atoms with Gasteiger partial charge in [-0.3, -0.25) is 9.59 Å². The number of carbonyl (C=O) groups excluding carboxylic acids is 2. The molecular weight excluding hydrogens is 324 g/mol. The first kappa shape index (κ1) is 23.2. The Hall–Kier alpha value is -0.860. The van der Waals surface area contributed by atoms with Gasteiger partial charge in [-0.1, -0.05) is 105 Å². The fraction of sp³-hybridized carbons (Fsp3) is 0.913. The molecule has 1 rings (SSSR count). The van der Waals surface area contributed by atoms with Crippen molar-refractivity contribution in [1.29, 1.82) is 0 Å². The second kappa shape index (κ2) is 13.3. The molecule has 26 heavy (non-hydrogen) atoms. The number of cyclic esters (lactones) is 2. The SMILES string of the molecule is CCCCCCCCCCCCCCC(C(C)C)C1C(=O)OC(=O)C1C. The number of esters is 2. The Balaban J connectivity index is 2.10. The van der Waals surface area contributed by atoms with Crippen molar-refractivity contribution in [3.8, 4) is 0 Å². The minimum atomic E-state index is -0.333. The maximum Gasteiger partial charge on any atom is 0.317 e. The Labute approximate surface area is 161 Å². The molecule has 1 saturated heterocycles. The van der Waals surface area contributed by atoms with Crippen molar-refractivity contribution in [2.24, 2.45) is 23.7 Å². The Morgan fingerprint density at radius 2 is 1.23 bits per heavy atom. The first-order valence-corrected chi connectivity index (χ1v) is 11.2. The monoisotopic (exact) mass is 366 g/mol. The molecule has 1 aliphatic rings. The van der Waals surface area contributed by atoms with E-state index in [1.807, 2.05) is 6.92 Å². The third-order valence-electron chi connectivity index (χ3n) is 6.09. The first-order valence-electron chi connectivity index (χ1n) is 11.2. The second-order valence-electron chi connectivity index (χ2n) is 8.64. The van der Waals surface area contributed by atoms with Gasteiger partial charge in [0.2, 0.25) is 0 Å². The molecule has 3 nitrogen and oxygen atoms in total. The van der Waals surface area contributed by atoms with Crippen molar-refractivity contribution in [1.82, 2.24) is 0 Å². The van der Waals surface area contributed by atoms with Crippen LogP contribution in [0.1, 0.15) is 111 Å². The number of rotatable bonds is 15. The van der Waals surface area contributed by atoms with Crippen LogP contribution in [0.3, 0.4) is 0 Å². The van der Waals surface area contributed by atoms with Gasteiger partial charge in [0.05, 0.1) is 11.8 Å². The molecule has 0 aliphatic carbocycles. The summed E-state index contributed by atoms with van der Waals surface area (Å²) in [6.07, 6.45) is 17.2. The lowest BCUT2D eigenvalue weighted by Crippen LogP contribution is -2.28. The molecule has 152 valence electrons. The van der Waals surface area contributed by atoms with Crippen LogP contribution in [-0.4, -0.2) is 11.9 Å². The summed E-state index contributed by atoms with van der Waals surface area (Å²) in [5.74, 6) is -0.441. The van der Waals surface area contributed by atoms with Gasteiger partial charge in [0, 0.05) is 0 Å². The van der Waals surface area contributed by atoms with Crippen molar-refractivity contribution in [3.63, 3.8) is 0 Å². The Bertz CT molecular complexity index is 402. The van der Waals surface area contributed by atoms with E-state index in [0.29, 0.717) is 5.92 Å². The lowest BCUT2D eigenvalue weighted by Gasteiger charge is -2.26. The molecule has 0 aromatic heterocycles. The van der Waals surface area contributed by atoms with Crippen molar-refractivity contribution in [3.05, 3.63) is 0 Å². The zero-order valence-electron chi connectivity index (χ0n) is 17.7. The van der Waals surface area contributed by atoms with Gasteiger partial charge in [0.15, 0.2) is 0 Å². The molecule has 3 heteroatoms. The van der Waals surface area contributed by atoms with Gasteiger partial charge in [0.1, 0.15) is 0 Å². The topological polar surface area (TPSA) is 43.4 Å². The third-order valence-corrected chi connectivity index (χ3v) is 6.09. The molecule has 3 atom stereocenters. The fourth-order valence-electron chi connectivity index (χ4n) is 4.31. The lowest BCUT2D eigenvalue weighted by molar-refractivity contribution is -0.154. The average molecular weight is 367 g/mol. The normalized spacial score (nSPS) is 21.4. The van der Waals surface area contributed by atoms with E-state index in [0.717, 1.165) is 12.8 Å². The largest absolute Gasteiger partial charge is 0.393 e. The standard InChI is InChI=1S/C23H42O3/c1-5-6-7-8-9-10-11-12-13-14-15-16-17-20(18(2)3)21-19(4)22(24)26-23(21)25/h18-21H,5-17H2,1-4H3. The van der Waals surface area contributed by atoms with E-state index in [-0.39, 0.29) is 29.7 Å². The molecule has 0 saturated carbocycles. The highest BCUT2D eigenvalue weighted by Crippen LogP contribution is 2.37. The number of carbonyl (C=O) groups is 2. The molecular formula is C23H42O3.